The van der Waals surface area contributed by atoms with Crippen molar-refractivity contribution in [1.82, 2.24) is 35.3 Å². The fourth-order valence-corrected chi connectivity index (χ4v) is 8.58. The summed E-state index contributed by atoms with van der Waals surface area (Å²) in [6.07, 6.45) is 4.97. The van der Waals surface area contributed by atoms with E-state index in [1.54, 1.807) is 17.2 Å². The maximum Gasteiger partial charge on any atom is 0.317 e. The molecular formula is C46H55N9O5. The molecule has 0 spiro atoms. The lowest BCUT2D eigenvalue weighted by atomic mass is 9.88. The summed E-state index contributed by atoms with van der Waals surface area (Å²) in [5.41, 5.74) is 7.51. The number of benzene rings is 3. The average molecular weight is 814 g/mol. The van der Waals surface area contributed by atoms with Crippen LogP contribution in [0.4, 0.5) is 22.1 Å². The molecule has 8 rings (SSSR count). The molecule has 60 heavy (non-hydrogen) atoms. The van der Waals surface area contributed by atoms with E-state index in [1.165, 1.54) is 5.56 Å². The zero-order chi connectivity index (χ0) is 41.8. The second-order valence-electron chi connectivity index (χ2n) is 16.9. The van der Waals surface area contributed by atoms with Gasteiger partial charge >= 0.3 is 6.03 Å². The Bertz CT molecular complexity index is 2190. The van der Waals surface area contributed by atoms with Crippen molar-refractivity contribution in [3.05, 3.63) is 101 Å². The topological polar surface area (TPSA) is 161 Å². The van der Waals surface area contributed by atoms with Gasteiger partial charge in [-0.1, -0.05) is 30.3 Å². The molecule has 0 bridgehead atoms. The van der Waals surface area contributed by atoms with E-state index in [0.29, 0.717) is 61.5 Å². The molecular weight excluding hydrogens is 759 g/mol. The summed E-state index contributed by atoms with van der Waals surface area (Å²) in [7, 11) is 0. The molecule has 0 saturated carbocycles. The molecule has 14 heteroatoms. The first-order valence-electron chi connectivity index (χ1n) is 21.2. The highest BCUT2D eigenvalue weighted by molar-refractivity contribution is 6.01. The number of amides is 5. The monoisotopic (exact) mass is 813 g/mol. The van der Waals surface area contributed by atoms with Crippen LogP contribution in [0.15, 0.2) is 79.0 Å². The number of imide groups is 1. The number of ether oxygens (including phenoxy) is 1. The van der Waals surface area contributed by atoms with Gasteiger partial charge in [0, 0.05) is 67.2 Å². The lowest BCUT2D eigenvalue weighted by Gasteiger charge is -2.43. The zero-order valence-corrected chi connectivity index (χ0v) is 34.7. The Morgan fingerprint density at radius 1 is 0.900 bits per heavy atom. The van der Waals surface area contributed by atoms with Gasteiger partial charge in [-0.05, 0) is 118 Å². The smallest absolute Gasteiger partial charge is 0.317 e. The van der Waals surface area contributed by atoms with Crippen molar-refractivity contribution in [2.24, 2.45) is 5.92 Å². The van der Waals surface area contributed by atoms with Gasteiger partial charge in [-0.15, -0.1) is 0 Å². The minimum atomic E-state index is -0.489. The number of aromatic nitrogens is 2. The Morgan fingerprint density at radius 3 is 2.42 bits per heavy atom. The summed E-state index contributed by atoms with van der Waals surface area (Å²) in [6, 6.07) is 23.4. The first-order valence-corrected chi connectivity index (χ1v) is 21.2. The SMILES string of the molecule is Cc1cc(-c2ccnc(Nc3ccc(C4CCN(CC5CN(C(=O)c6cccc(NC7CCC(=O)NC7=O)c6)C5)CC4)cc3)n2)ccc1CNC(=O)N1CC(OC(C)C)C1. The Hall–Kier alpha value is -5.86. The number of aryl methyl sites for hydroxylation is 1. The van der Waals surface area contributed by atoms with Crippen molar-refractivity contribution in [3.63, 3.8) is 0 Å². The zero-order valence-electron chi connectivity index (χ0n) is 34.7. The highest BCUT2D eigenvalue weighted by atomic mass is 16.5. The number of hydrogen-bond acceptors (Lipinski definition) is 10. The highest BCUT2D eigenvalue weighted by Crippen LogP contribution is 2.31. The average Bonchev–Trinajstić information content (AvgIpc) is 3.21. The number of nitrogens with zero attached hydrogens (tertiary/aromatic N) is 5. The molecule has 0 aliphatic carbocycles. The van der Waals surface area contributed by atoms with Gasteiger partial charge in [0.2, 0.25) is 17.8 Å². The van der Waals surface area contributed by atoms with Crippen LogP contribution in [-0.4, -0.2) is 112 Å². The molecule has 4 aliphatic rings. The molecule has 5 heterocycles. The normalized spacial score (nSPS) is 19.1. The number of anilines is 3. The molecule has 1 atom stereocenters. The maximum atomic E-state index is 13.3. The molecule has 1 aromatic heterocycles. The number of carbonyl (C=O) groups excluding carboxylic acids is 4. The summed E-state index contributed by atoms with van der Waals surface area (Å²) >= 11 is 0. The molecule has 314 valence electrons. The second kappa shape index (κ2) is 18.2. The lowest BCUT2D eigenvalue weighted by molar-refractivity contribution is -0.133. The number of carbonyl (C=O) groups is 4. The second-order valence-corrected chi connectivity index (χ2v) is 16.9. The summed E-state index contributed by atoms with van der Waals surface area (Å²) in [5.74, 6) is 0.910. The van der Waals surface area contributed by atoms with Gasteiger partial charge in [-0.2, -0.15) is 0 Å². The van der Waals surface area contributed by atoms with E-state index >= 15 is 0 Å². The molecule has 0 radical (unpaired) electrons. The Kier molecular flexibility index (Phi) is 12.4. The van der Waals surface area contributed by atoms with E-state index in [-0.39, 0.29) is 36.0 Å². The number of rotatable bonds is 13. The summed E-state index contributed by atoms with van der Waals surface area (Å²) in [4.78, 5) is 65.0. The summed E-state index contributed by atoms with van der Waals surface area (Å²) in [6.45, 7) is 12.3. The Balaban J connectivity index is 0.758. The van der Waals surface area contributed by atoms with Crippen LogP contribution in [0.5, 0.6) is 0 Å². The first kappa shape index (κ1) is 40.9. The summed E-state index contributed by atoms with van der Waals surface area (Å²) < 4.78 is 5.76. The molecule has 4 fully saturated rings. The number of urea groups is 1. The largest absolute Gasteiger partial charge is 0.374 e. The van der Waals surface area contributed by atoms with Crippen LogP contribution in [-0.2, 0) is 20.9 Å². The third kappa shape index (κ3) is 9.94. The molecule has 14 nitrogen and oxygen atoms in total. The molecule has 4 aliphatic heterocycles. The number of nitrogens with one attached hydrogen (secondary N) is 4. The maximum absolute atomic E-state index is 13.3. The van der Waals surface area contributed by atoms with E-state index in [9.17, 15) is 19.2 Å². The van der Waals surface area contributed by atoms with E-state index in [1.807, 2.05) is 55.1 Å². The van der Waals surface area contributed by atoms with Crippen molar-refractivity contribution in [2.45, 2.75) is 77.2 Å². The number of likely N-dealkylation sites (tertiary alicyclic amines) is 3. The standard InChI is InChI=1S/C46H55N9O5/c1-29(2)60-39-27-55(28-39)46(59)48-23-36-8-7-34(21-30(36)3)40-15-18-47-45(51-40)50-37-11-9-32(10-12-37)33-16-19-53(20-17-33)24-31-25-54(26-31)44(58)35-5-4-6-38(22-35)49-41-13-14-42(56)52-43(41)57/h4-12,15,18,21-22,29,31,33,39,41,49H,13-14,16-17,19-20,23-28H2,1-3H3,(H,48,59)(H,47,50,51)(H,52,56,57). The van der Waals surface area contributed by atoms with Gasteiger partial charge in [0.05, 0.1) is 31.0 Å². The van der Waals surface area contributed by atoms with E-state index < -0.39 is 6.04 Å². The van der Waals surface area contributed by atoms with E-state index in [2.05, 4.69) is 68.4 Å². The van der Waals surface area contributed by atoms with E-state index in [4.69, 9.17) is 9.72 Å². The fourth-order valence-electron chi connectivity index (χ4n) is 8.58. The minimum Gasteiger partial charge on any atom is -0.374 e. The molecule has 4 saturated heterocycles. The van der Waals surface area contributed by atoms with Crippen LogP contribution in [0.3, 0.4) is 0 Å². The van der Waals surface area contributed by atoms with Crippen molar-refractivity contribution in [1.29, 1.82) is 0 Å². The van der Waals surface area contributed by atoms with Crippen LogP contribution < -0.4 is 21.3 Å². The van der Waals surface area contributed by atoms with Crippen molar-refractivity contribution in [2.75, 3.05) is 56.4 Å². The molecule has 4 aromatic rings. The number of piperidine rings is 2. The predicted octanol–water partition coefficient (Wildman–Crippen LogP) is 5.68. The quantitative estimate of drug-likeness (QED) is 0.124. The molecule has 1 unspecified atom stereocenters. The molecule has 3 aromatic carbocycles. The van der Waals surface area contributed by atoms with Crippen LogP contribution in [0.2, 0.25) is 0 Å². The number of hydrogen-bond donors (Lipinski definition) is 4. The van der Waals surface area contributed by atoms with Gasteiger partial charge in [-0.25, -0.2) is 14.8 Å². The molecule has 5 amide bonds. The molecule has 4 N–H and O–H groups in total. The highest BCUT2D eigenvalue weighted by Gasteiger charge is 2.34. The van der Waals surface area contributed by atoms with Crippen molar-refractivity contribution >= 4 is 41.1 Å². The lowest BCUT2D eigenvalue weighted by Crippen LogP contribution is -2.58. The van der Waals surface area contributed by atoms with Crippen LogP contribution in [0.1, 0.15) is 72.5 Å². The Labute approximate surface area is 351 Å². The van der Waals surface area contributed by atoms with Crippen LogP contribution in [0.25, 0.3) is 11.3 Å². The van der Waals surface area contributed by atoms with Crippen LogP contribution in [0, 0.1) is 12.8 Å². The van der Waals surface area contributed by atoms with Crippen molar-refractivity contribution < 1.29 is 23.9 Å². The first-order chi connectivity index (χ1) is 29.0. The predicted molar refractivity (Wildman–Crippen MR) is 230 cm³/mol. The van der Waals surface area contributed by atoms with Gasteiger partial charge in [-0.3, -0.25) is 19.7 Å². The van der Waals surface area contributed by atoms with Crippen LogP contribution >= 0.6 is 0 Å². The fraction of sp³-hybridized carbons (Fsp3) is 0.435. The summed E-state index contributed by atoms with van der Waals surface area (Å²) in [5, 5.41) is 12.0. The van der Waals surface area contributed by atoms with Gasteiger partial charge in [0.1, 0.15) is 6.04 Å². The third-order valence-corrected chi connectivity index (χ3v) is 12.0. The minimum absolute atomic E-state index is 0.00295. The third-order valence-electron chi connectivity index (χ3n) is 12.0. The van der Waals surface area contributed by atoms with Gasteiger partial charge in [0.15, 0.2) is 0 Å². The van der Waals surface area contributed by atoms with Crippen molar-refractivity contribution in [3.8, 4) is 11.3 Å². The van der Waals surface area contributed by atoms with Gasteiger partial charge in [0.25, 0.3) is 5.91 Å². The van der Waals surface area contributed by atoms with E-state index in [0.717, 1.165) is 73.6 Å². The van der Waals surface area contributed by atoms with Gasteiger partial charge < -0.3 is 35.4 Å². The Morgan fingerprint density at radius 2 is 1.68 bits per heavy atom.